The van der Waals surface area contributed by atoms with Crippen molar-refractivity contribution < 1.29 is 24.3 Å². The maximum Gasteiger partial charge on any atom is 0.325 e. The molecule has 33 heavy (non-hydrogen) atoms. The predicted molar refractivity (Wildman–Crippen MR) is 119 cm³/mol. The molecule has 172 valence electrons. The third-order valence-corrected chi connectivity index (χ3v) is 5.75. The summed E-state index contributed by atoms with van der Waals surface area (Å²) in [7, 11) is 1.45. The van der Waals surface area contributed by atoms with Crippen molar-refractivity contribution >= 4 is 29.7 Å². The Labute approximate surface area is 190 Å². The first-order valence-corrected chi connectivity index (χ1v) is 10.2. The molecule has 10 heteroatoms. The monoisotopic (exact) mass is 451 g/mol. The molecule has 2 aromatic rings. The van der Waals surface area contributed by atoms with Gasteiger partial charge in [-0.3, -0.25) is 24.7 Å². The van der Waals surface area contributed by atoms with Gasteiger partial charge in [-0.05, 0) is 18.1 Å². The summed E-state index contributed by atoms with van der Waals surface area (Å²) in [5.41, 5.74) is 5.64. The van der Waals surface area contributed by atoms with E-state index in [1.165, 1.54) is 18.9 Å². The number of aliphatic carboxylic acids is 1. The minimum absolute atomic E-state index is 0.127. The number of nitrogens with two attached hydrogens (primary N) is 1. The molecule has 0 aromatic heterocycles. The van der Waals surface area contributed by atoms with Crippen molar-refractivity contribution in [2.45, 2.75) is 24.9 Å². The van der Waals surface area contributed by atoms with Gasteiger partial charge < -0.3 is 21.1 Å². The van der Waals surface area contributed by atoms with Crippen LogP contribution in [0.2, 0.25) is 0 Å². The van der Waals surface area contributed by atoms with E-state index in [-0.39, 0.29) is 12.3 Å². The van der Waals surface area contributed by atoms with E-state index in [0.717, 1.165) is 4.90 Å². The first-order chi connectivity index (χ1) is 15.5. The van der Waals surface area contributed by atoms with Crippen LogP contribution in [0.1, 0.15) is 36.1 Å². The zero-order chi connectivity index (χ0) is 24.3. The molecular formula is C23H25N5O5. The number of benzene rings is 2. The molecule has 0 saturated carbocycles. The number of urea groups is 1. The molecule has 3 rings (SSSR count). The highest BCUT2D eigenvalue weighted by molar-refractivity contribution is 6.09. The van der Waals surface area contributed by atoms with Crippen molar-refractivity contribution in [1.82, 2.24) is 15.1 Å². The van der Waals surface area contributed by atoms with Crippen LogP contribution in [-0.4, -0.2) is 58.1 Å². The lowest BCUT2D eigenvalue weighted by Crippen LogP contribution is -2.44. The number of amides is 4. The number of hydrogen-bond donors (Lipinski definition) is 4. The number of likely N-dealkylation sites (N-methyl/N-ethyl adjacent to an activating group) is 1. The molecule has 0 spiro atoms. The summed E-state index contributed by atoms with van der Waals surface area (Å²) in [5, 5.41) is 19.4. The molecule has 0 radical (unpaired) electrons. The molecule has 1 fully saturated rings. The standard InChI is InChI=1S/C23H25N5O5/c1-23(16-10-8-15(9-11-16)20(24)25)21(32)28(22(33)26-23)13-18(29)27(2)17(12-19(30)31)14-6-4-3-5-7-14/h3-11,17H,12-13H2,1-2H3,(H3,24,25)(H,26,33)(H,30,31). The molecule has 1 heterocycles. The molecular weight excluding hydrogens is 426 g/mol. The first-order valence-electron chi connectivity index (χ1n) is 10.2. The zero-order valence-corrected chi connectivity index (χ0v) is 18.2. The van der Waals surface area contributed by atoms with Crippen LogP contribution in [0.25, 0.3) is 0 Å². The van der Waals surface area contributed by atoms with E-state index in [4.69, 9.17) is 11.1 Å². The highest BCUT2D eigenvalue weighted by Crippen LogP contribution is 2.30. The van der Waals surface area contributed by atoms with E-state index in [1.54, 1.807) is 54.6 Å². The lowest BCUT2D eigenvalue weighted by molar-refractivity contribution is -0.142. The number of nitrogens with zero attached hydrogens (tertiary/aromatic N) is 2. The second-order valence-corrected chi connectivity index (χ2v) is 7.97. The van der Waals surface area contributed by atoms with Gasteiger partial charge >= 0.3 is 12.0 Å². The van der Waals surface area contributed by atoms with Crippen LogP contribution in [0, 0.1) is 5.41 Å². The molecule has 1 aliphatic heterocycles. The van der Waals surface area contributed by atoms with Crippen molar-refractivity contribution in [3.8, 4) is 0 Å². The smallest absolute Gasteiger partial charge is 0.325 e. The number of carbonyl (C=O) groups excluding carboxylic acids is 3. The normalized spacial score (nSPS) is 18.5. The van der Waals surface area contributed by atoms with Gasteiger partial charge in [-0.15, -0.1) is 0 Å². The van der Waals surface area contributed by atoms with Crippen molar-refractivity contribution in [3.05, 3.63) is 71.3 Å². The van der Waals surface area contributed by atoms with E-state index in [1.807, 2.05) is 0 Å². The van der Waals surface area contributed by atoms with Crippen LogP contribution in [0.3, 0.4) is 0 Å². The number of carboxylic acid groups (broad SMARTS) is 1. The molecule has 2 unspecified atom stereocenters. The predicted octanol–water partition coefficient (Wildman–Crippen LogP) is 1.41. The molecule has 0 aliphatic carbocycles. The second-order valence-electron chi connectivity index (χ2n) is 7.97. The summed E-state index contributed by atoms with van der Waals surface area (Å²) in [6, 6.07) is 13.5. The number of carbonyl (C=O) groups is 4. The fourth-order valence-electron chi connectivity index (χ4n) is 3.76. The van der Waals surface area contributed by atoms with Gasteiger partial charge in [-0.25, -0.2) is 4.79 Å². The summed E-state index contributed by atoms with van der Waals surface area (Å²) >= 11 is 0. The number of imide groups is 1. The fourth-order valence-corrected chi connectivity index (χ4v) is 3.76. The Bertz CT molecular complexity index is 1100. The number of hydrogen-bond acceptors (Lipinski definition) is 5. The largest absolute Gasteiger partial charge is 0.481 e. The van der Waals surface area contributed by atoms with E-state index < -0.39 is 41.9 Å². The fraction of sp³-hybridized carbons (Fsp3) is 0.261. The van der Waals surface area contributed by atoms with Gasteiger partial charge in [0.05, 0.1) is 12.5 Å². The summed E-state index contributed by atoms with van der Waals surface area (Å²) in [6.45, 7) is 0.993. The molecule has 4 amide bonds. The molecule has 1 aliphatic rings. The number of rotatable bonds is 8. The van der Waals surface area contributed by atoms with Gasteiger partial charge in [0.2, 0.25) is 5.91 Å². The topological polar surface area (TPSA) is 157 Å². The molecule has 5 N–H and O–H groups in total. The van der Waals surface area contributed by atoms with Crippen molar-refractivity contribution in [2.24, 2.45) is 5.73 Å². The maximum absolute atomic E-state index is 13.1. The van der Waals surface area contributed by atoms with E-state index in [0.29, 0.717) is 16.7 Å². The first kappa shape index (κ1) is 23.5. The van der Waals surface area contributed by atoms with E-state index in [9.17, 15) is 24.3 Å². The summed E-state index contributed by atoms with van der Waals surface area (Å²) in [4.78, 5) is 52.2. The highest BCUT2D eigenvalue weighted by Gasteiger charge is 2.49. The van der Waals surface area contributed by atoms with Crippen molar-refractivity contribution in [1.29, 1.82) is 5.41 Å². The Balaban J connectivity index is 1.80. The molecule has 2 atom stereocenters. The van der Waals surface area contributed by atoms with Gasteiger partial charge in [-0.2, -0.15) is 0 Å². The number of nitrogen functional groups attached to an aromatic ring is 1. The third-order valence-electron chi connectivity index (χ3n) is 5.75. The van der Waals surface area contributed by atoms with Gasteiger partial charge in [0.1, 0.15) is 17.9 Å². The molecule has 2 aromatic carbocycles. The average molecular weight is 451 g/mol. The zero-order valence-electron chi connectivity index (χ0n) is 18.2. The van der Waals surface area contributed by atoms with Crippen LogP contribution in [0.5, 0.6) is 0 Å². The Morgan fingerprint density at radius 2 is 1.76 bits per heavy atom. The highest BCUT2D eigenvalue weighted by atomic mass is 16.4. The van der Waals surface area contributed by atoms with Crippen LogP contribution >= 0.6 is 0 Å². The average Bonchev–Trinajstić information content (AvgIpc) is 3.01. The van der Waals surface area contributed by atoms with Gasteiger partial charge in [-0.1, -0.05) is 54.6 Å². The Morgan fingerprint density at radius 1 is 1.15 bits per heavy atom. The van der Waals surface area contributed by atoms with E-state index >= 15 is 0 Å². The second kappa shape index (κ2) is 9.11. The number of carboxylic acids is 1. The summed E-state index contributed by atoms with van der Waals surface area (Å²) in [5.74, 6) is -2.40. The van der Waals surface area contributed by atoms with Crippen LogP contribution in [0.4, 0.5) is 4.79 Å². The van der Waals surface area contributed by atoms with Crippen molar-refractivity contribution in [3.63, 3.8) is 0 Å². The van der Waals surface area contributed by atoms with Crippen LogP contribution in [0.15, 0.2) is 54.6 Å². The quantitative estimate of drug-likeness (QED) is 0.270. The minimum Gasteiger partial charge on any atom is -0.481 e. The van der Waals surface area contributed by atoms with Crippen LogP contribution < -0.4 is 11.1 Å². The molecule has 0 bridgehead atoms. The summed E-state index contributed by atoms with van der Waals surface area (Å²) < 4.78 is 0. The Hall–Kier alpha value is -4.21. The lowest BCUT2D eigenvalue weighted by atomic mass is 9.91. The van der Waals surface area contributed by atoms with Gasteiger partial charge in [0.15, 0.2) is 0 Å². The van der Waals surface area contributed by atoms with E-state index in [2.05, 4.69) is 5.32 Å². The minimum atomic E-state index is -1.40. The Morgan fingerprint density at radius 3 is 2.30 bits per heavy atom. The SMILES string of the molecule is CN(C(=O)CN1C(=O)NC(C)(c2ccc(C(=N)N)cc2)C1=O)C(CC(=O)O)c1ccccc1. The summed E-state index contributed by atoms with van der Waals surface area (Å²) in [6.07, 6.45) is -0.327. The number of amidine groups is 1. The molecule has 1 saturated heterocycles. The van der Waals surface area contributed by atoms with Gasteiger partial charge in [0.25, 0.3) is 5.91 Å². The number of nitrogens with one attached hydrogen (secondary N) is 2. The Kier molecular flexibility index (Phi) is 6.47. The lowest BCUT2D eigenvalue weighted by Gasteiger charge is -2.29. The van der Waals surface area contributed by atoms with Gasteiger partial charge in [0, 0.05) is 12.6 Å². The van der Waals surface area contributed by atoms with Crippen molar-refractivity contribution in [2.75, 3.05) is 13.6 Å². The third kappa shape index (κ3) is 4.69. The van der Waals surface area contributed by atoms with Crippen LogP contribution in [-0.2, 0) is 19.9 Å². The molecule has 10 nitrogen and oxygen atoms in total. The maximum atomic E-state index is 13.1.